The predicted octanol–water partition coefficient (Wildman–Crippen LogP) is 3.96. The molecule has 0 N–H and O–H groups in total. The van der Waals surface area contributed by atoms with Crippen LogP contribution in [0.1, 0.15) is 111 Å². The third-order valence-corrected chi connectivity index (χ3v) is 5.14. The molecule has 1 rings (SSSR count). The summed E-state index contributed by atoms with van der Waals surface area (Å²) in [7, 11) is 0. The van der Waals surface area contributed by atoms with E-state index in [1.165, 1.54) is 69.9 Å². The van der Waals surface area contributed by atoms with Gasteiger partial charge in [-0.25, -0.2) is 4.79 Å². The Labute approximate surface area is 237 Å². The van der Waals surface area contributed by atoms with Gasteiger partial charge in [-0.3, -0.25) is 0 Å². The van der Waals surface area contributed by atoms with Crippen molar-refractivity contribution in [3.63, 3.8) is 0 Å². The number of benzene rings is 1. The fourth-order valence-electron chi connectivity index (χ4n) is 3.12. The molecule has 0 aliphatic heterocycles. The minimum Gasteiger partial charge on any atom is -0.550 e. The van der Waals surface area contributed by atoms with Gasteiger partial charge in [0.05, 0.1) is 18.1 Å². The smallest absolute Gasteiger partial charge is 0.338 e. The first-order chi connectivity index (χ1) is 15.4. The standard InChI is InChI=1S/C22H34O4.C3H6O2S.Nd/c1-2-3-4-5-6-7-8-9-10-11-12-15-18-26-22(25)20-17-14-13-16-19(20)21(23)24;4-3(5)1-2-6;/h13-14,16-17H,2-12,15,18H2,1H3,(H,23,24);6H,1-2H2,(H,4,5);/p-2. The zero-order valence-corrected chi connectivity index (χ0v) is 23.9. The maximum atomic E-state index is 12.0. The summed E-state index contributed by atoms with van der Waals surface area (Å²) in [6, 6.07) is 5.99. The van der Waals surface area contributed by atoms with Crippen LogP contribution in [0, 0.1) is 40.8 Å². The number of carbonyl (C=O) groups is 3. The molecule has 0 atom stereocenters. The Morgan fingerprint density at radius 1 is 0.788 bits per heavy atom. The summed E-state index contributed by atoms with van der Waals surface area (Å²) in [6.07, 6.45) is 15.0. The number of esters is 1. The molecule has 0 aliphatic rings. The quantitative estimate of drug-likeness (QED) is 0.163. The zero-order chi connectivity index (χ0) is 24.0. The van der Waals surface area contributed by atoms with Crippen LogP contribution in [0.15, 0.2) is 24.3 Å². The van der Waals surface area contributed by atoms with E-state index in [1.54, 1.807) is 12.1 Å². The average molecular weight is 611 g/mol. The largest absolute Gasteiger partial charge is 0.550 e. The third kappa shape index (κ3) is 20.4. The van der Waals surface area contributed by atoms with Crippen LogP contribution < -0.4 is 10.2 Å². The minimum atomic E-state index is -1.36. The normalized spacial score (nSPS) is 9.88. The number of carboxylic acids is 2. The molecule has 0 radical (unpaired) electrons. The monoisotopic (exact) mass is 608 g/mol. The van der Waals surface area contributed by atoms with Crippen molar-refractivity contribution in [1.82, 2.24) is 0 Å². The van der Waals surface area contributed by atoms with Crippen molar-refractivity contribution in [3.05, 3.63) is 35.4 Å². The van der Waals surface area contributed by atoms with Gasteiger partial charge in [0.25, 0.3) is 0 Å². The van der Waals surface area contributed by atoms with E-state index in [0.717, 1.165) is 19.3 Å². The van der Waals surface area contributed by atoms with Gasteiger partial charge in [0.1, 0.15) is 0 Å². The Kier molecular flexibility index (Phi) is 25.6. The number of carbonyl (C=O) groups excluding carboxylic acids is 3. The first kappa shape index (κ1) is 34.5. The fraction of sp³-hybridized carbons (Fsp3) is 0.640. The van der Waals surface area contributed by atoms with Gasteiger partial charge in [-0.1, -0.05) is 95.8 Å². The first-order valence-electron chi connectivity index (χ1n) is 11.7. The molecular formula is C25H38NdO6S-2. The Balaban J connectivity index is 0. The van der Waals surface area contributed by atoms with Crippen LogP contribution in [0.5, 0.6) is 0 Å². The molecule has 0 bridgehead atoms. The second-order valence-corrected chi connectivity index (χ2v) is 8.15. The summed E-state index contributed by atoms with van der Waals surface area (Å²) >= 11 is 3.64. The number of hydrogen-bond donors (Lipinski definition) is 1. The molecule has 0 saturated carbocycles. The summed E-state index contributed by atoms with van der Waals surface area (Å²) in [5.74, 6) is -2.62. The maximum absolute atomic E-state index is 12.0. The number of unbranched alkanes of at least 4 members (excludes halogenated alkanes) is 11. The molecular weight excluding hydrogens is 573 g/mol. The molecule has 0 aromatic heterocycles. The fourth-order valence-corrected chi connectivity index (χ4v) is 3.30. The van der Waals surface area contributed by atoms with Crippen LogP contribution in [0.2, 0.25) is 0 Å². The van der Waals surface area contributed by atoms with Gasteiger partial charge in [-0.2, -0.15) is 12.6 Å². The second-order valence-electron chi connectivity index (χ2n) is 7.70. The number of hydrogen-bond acceptors (Lipinski definition) is 7. The Morgan fingerprint density at radius 2 is 1.24 bits per heavy atom. The van der Waals surface area contributed by atoms with Gasteiger partial charge in [0.15, 0.2) is 0 Å². The molecule has 6 nitrogen and oxygen atoms in total. The van der Waals surface area contributed by atoms with Crippen molar-refractivity contribution in [3.8, 4) is 0 Å². The molecule has 0 unspecified atom stereocenters. The minimum absolute atomic E-state index is 0. The van der Waals surface area contributed by atoms with E-state index >= 15 is 0 Å². The number of aromatic carboxylic acids is 1. The van der Waals surface area contributed by atoms with Crippen molar-refractivity contribution in [2.45, 2.75) is 90.4 Å². The van der Waals surface area contributed by atoms with Gasteiger partial charge in [0.2, 0.25) is 0 Å². The summed E-state index contributed by atoms with van der Waals surface area (Å²) in [4.78, 5) is 32.4. The summed E-state index contributed by atoms with van der Waals surface area (Å²) < 4.78 is 5.18. The maximum Gasteiger partial charge on any atom is 0.338 e. The van der Waals surface area contributed by atoms with Crippen LogP contribution in [0.25, 0.3) is 0 Å². The molecule has 0 spiro atoms. The van der Waals surface area contributed by atoms with Crippen molar-refractivity contribution >= 4 is 30.5 Å². The molecule has 0 saturated heterocycles. The van der Waals surface area contributed by atoms with Gasteiger partial charge < -0.3 is 24.5 Å². The van der Waals surface area contributed by atoms with Gasteiger partial charge in [-0.05, 0) is 24.7 Å². The molecule has 1 aromatic carbocycles. The molecule has 0 fully saturated rings. The van der Waals surface area contributed by atoms with Crippen LogP contribution >= 0.6 is 12.6 Å². The van der Waals surface area contributed by atoms with Crippen LogP contribution in [0.4, 0.5) is 0 Å². The van der Waals surface area contributed by atoms with E-state index in [-0.39, 0.29) is 58.4 Å². The molecule has 186 valence electrons. The second kappa shape index (κ2) is 24.5. The SMILES string of the molecule is CCCCCCCCCCCCCCOC(=O)c1ccccc1C(=O)[O-].O=C([O-])CCS.[Nd]. The van der Waals surface area contributed by atoms with Crippen molar-refractivity contribution in [1.29, 1.82) is 0 Å². The van der Waals surface area contributed by atoms with Gasteiger partial charge in [-0.15, -0.1) is 0 Å². The van der Waals surface area contributed by atoms with Gasteiger partial charge in [0, 0.05) is 52.4 Å². The molecule has 0 aliphatic carbocycles. The Hall–Kier alpha value is -0.669. The Bertz CT molecular complexity index is 654. The molecule has 0 amide bonds. The average Bonchev–Trinajstić information content (AvgIpc) is 2.77. The number of aliphatic carboxylic acids is 1. The third-order valence-electron chi connectivity index (χ3n) is 4.91. The number of rotatable bonds is 17. The van der Waals surface area contributed by atoms with E-state index in [9.17, 15) is 24.6 Å². The van der Waals surface area contributed by atoms with Gasteiger partial charge >= 0.3 is 5.97 Å². The van der Waals surface area contributed by atoms with E-state index in [1.807, 2.05) is 0 Å². The van der Waals surface area contributed by atoms with E-state index in [0.29, 0.717) is 12.4 Å². The van der Waals surface area contributed by atoms with Crippen LogP contribution in [0.3, 0.4) is 0 Å². The molecule has 8 heteroatoms. The van der Waals surface area contributed by atoms with Crippen molar-refractivity contribution in [2.24, 2.45) is 0 Å². The predicted molar refractivity (Wildman–Crippen MR) is 126 cm³/mol. The Morgan fingerprint density at radius 3 is 1.64 bits per heavy atom. The van der Waals surface area contributed by atoms with E-state index < -0.39 is 17.9 Å². The van der Waals surface area contributed by atoms with Crippen LogP contribution in [-0.4, -0.2) is 30.3 Å². The number of carboxylic acid groups (broad SMARTS) is 2. The number of ether oxygens (including phenoxy) is 1. The first-order valence-corrected chi connectivity index (χ1v) is 12.4. The van der Waals surface area contributed by atoms with Crippen molar-refractivity contribution in [2.75, 3.05) is 12.4 Å². The summed E-state index contributed by atoms with van der Waals surface area (Å²) in [5, 5.41) is 20.4. The number of thiol groups is 1. The topological polar surface area (TPSA) is 107 Å². The zero-order valence-electron chi connectivity index (χ0n) is 19.8. The van der Waals surface area contributed by atoms with Crippen LogP contribution in [-0.2, 0) is 9.53 Å². The summed E-state index contributed by atoms with van der Waals surface area (Å²) in [5.41, 5.74) is -0.0568. The molecule has 0 heterocycles. The molecule has 1 aromatic rings. The molecule has 33 heavy (non-hydrogen) atoms. The van der Waals surface area contributed by atoms with E-state index in [4.69, 9.17) is 4.74 Å². The summed E-state index contributed by atoms with van der Waals surface area (Å²) in [6.45, 7) is 2.57. The van der Waals surface area contributed by atoms with E-state index in [2.05, 4.69) is 19.6 Å². The van der Waals surface area contributed by atoms with Crippen molar-refractivity contribution < 1.29 is 70.2 Å².